The summed E-state index contributed by atoms with van der Waals surface area (Å²) in [5.74, 6) is 0.244. The number of nitrogens with zero attached hydrogens (tertiary/aromatic N) is 2. The maximum atomic E-state index is 13.7. The van der Waals surface area contributed by atoms with Crippen LogP contribution in [-0.4, -0.2) is 61.6 Å². The summed E-state index contributed by atoms with van der Waals surface area (Å²) in [4.78, 5) is 2.33. The number of aliphatic hydroxyl groups excluding tert-OH is 1. The summed E-state index contributed by atoms with van der Waals surface area (Å²) in [5, 5.41) is 9.86. The summed E-state index contributed by atoms with van der Waals surface area (Å²) < 4.78 is 35.3. The molecule has 0 aliphatic carbocycles. The SMILES string of the molecule is C[C@H](CO)N1C[C@H](C)[C@@H](CN(C)Cc2ccccc2)Oc2cc(/C=C/c3ccccc3)ccc2S1(=O)=O. The van der Waals surface area contributed by atoms with Gasteiger partial charge in [-0.15, -0.1) is 0 Å². The van der Waals surface area contributed by atoms with Gasteiger partial charge in [-0.1, -0.05) is 85.8 Å². The van der Waals surface area contributed by atoms with Gasteiger partial charge in [0.1, 0.15) is 16.7 Å². The average Bonchev–Trinajstić information content (AvgIpc) is 2.90. The molecular formula is C30H36N2O4S. The third kappa shape index (κ3) is 6.67. The van der Waals surface area contributed by atoms with E-state index in [1.807, 2.05) is 74.7 Å². The molecule has 3 aromatic carbocycles. The van der Waals surface area contributed by atoms with Crippen LogP contribution in [0.2, 0.25) is 0 Å². The Morgan fingerprint density at radius 1 is 1.03 bits per heavy atom. The van der Waals surface area contributed by atoms with Crippen LogP contribution >= 0.6 is 0 Å². The maximum absolute atomic E-state index is 13.7. The van der Waals surface area contributed by atoms with Gasteiger partial charge in [0.05, 0.1) is 6.61 Å². The van der Waals surface area contributed by atoms with E-state index < -0.39 is 16.1 Å². The summed E-state index contributed by atoms with van der Waals surface area (Å²) in [7, 11) is -1.81. The van der Waals surface area contributed by atoms with Gasteiger partial charge < -0.3 is 9.84 Å². The highest BCUT2D eigenvalue weighted by molar-refractivity contribution is 7.89. The maximum Gasteiger partial charge on any atom is 0.247 e. The van der Waals surface area contributed by atoms with Gasteiger partial charge in [-0.25, -0.2) is 8.42 Å². The molecule has 6 nitrogen and oxygen atoms in total. The zero-order valence-electron chi connectivity index (χ0n) is 21.7. The van der Waals surface area contributed by atoms with E-state index >= 15 is 0 Å². The smallest absolute Gasteiger partial charge is 0.247 e. The number of fused-ring (bicyclic) bond motifs is 1. The van der Waals surface area contributed by atoms with Crippen molar-refractivity contribution in [2.45, 2.75) is 37.4 Å². The fraction of sp³-hybridized carbons (Fsp3) is 0.333. The molecule has 0 saturated carbocycles. The lowest BCUT2D eigenvalue weighted by Gasteiger charge is -2.37. The molecule has 4 rings (SSSR count). The van der Waals surface area contributed by atoms with E-state index in [1.54, 1.807) is 25.1 Å². The largest absolute Gasteiger partial charge is 0.487 e. The molecule has 0 fully saturated rings. The van der Waals surface area contributed by atoms with Crippen LogP contribution in [0.25, 0.3) is 12.2 Å². The molecule has 196 valence electrons. The number of benzene rings is 3. The van der Waals surface area contributed by atoms with Gasteiger partial charge in [0.15, 0.2) is 0 Å². The van der Waals surface area contributed by atoms with Gasteiger partial charge >= 0.3 is 0 Å². The summed E-state index contributed by atoms with van der Waals surface area (Å²) in [6, 6.07) is 24.9. The highest BCUT2D eigenvalue weighted by Crippen LogP contribution is 2.34. The topological polar surface area (TPSA) is 70.1 Å². The fourth-order valence-electron chi connectivity index (χ4n) is 4.59. The second-order valence-electron chi connectivity index (χ2n) is 9.87. The first-order chi connectivity index (χ1) is 17.8. The van der Waals surface area contributed by atoms with Gasteiger partial charge in [-0.2, -0.15) is 4.31 Å². The second kappa shape index (κ2) is 12.0. The van der Waals surface area contributed by atoms with E-state index in [0.717, 1.165) is 17.7 Å². The first-order valence-corrected chi connectivity index (χ1v) is 14.1. The second-order valence-corrected chi connectivity index (χ2v) is 11.7. The average molecular weight is 521 g/mol. The Morgan fingerprint density at radius 2 is 1.68 bits per heavy atom. The minimum absolute atomic E-state index is 0.0985. The predicted molar refractivity (Wildman–Crippen MR) is 149 cm³/mol. The van der Waals surface area contributed by atoms with Crippen LogP contribution in [0.3, 0.4) is 0 Å². The number of sulfonamides is 1. The van der Waals surface area contributed by atoms with Crippen LogP contribution < -0.4 is 4.74 Å². The number of ether oxygens (including phenoxy) is 1. The number of aliphatic hydroxyl groups is 1. The van der Waals surface area contributed by atoms with E-state index in [-0.39, 0.29) is 30.1 Å². The normalized spacial score (nSPS) is 20.7. The Hall–Kier alpha value is -2.97. The van der Waals surface area contributed by atoms with Gasteiger partial charge in [0.2, 0.25) is 10.0 Å². The van der Waals surface area contributed by atoms with Crippen molar-refractivity contribution in [3.63, 3.8) is 0 Å². The van der Waals surface area contributed by atoms with Gasteiger partial charge in [0, 0.05) is 31.6 Å². The van der Waals surface area contributed by atoms with Crippen LogP contribution in [0.5, 0.6) is 5.75 Å². The van der Waals surface area contributed by atoms with Crippen molar-refractivity contribution < 1.29 is 18.3 Å². The lowest BCUT2D eigenvalue weighted by Crippen LogP contribution is -2.49. The Bertz CT molecular complexity index is 1300. The monoisotopic (exact) mass is 520 g/mol. The number of hydrogen-bond acceptors (Lipinski definition) is 5. The van der Waals surface area contributed by atoms with Crippen LogP contribution in [0, 0.1) is 5.92 Å². The molecule has 1 aliphatic heterocycles. The third-order valence-electron chi connectivity index (χ3n) is 6.75. The van der Waals surface area contributed by atoms with Crippen LogP contribution in [0.15, 0.2) is 83.8 Å². The number of likely N-dealkylation sites (N-methyl/N-ethyl adjacent to an activating group) is 1. The zero-order chi connectivity index (χ0) is 26.4. The number of hydrogen-bond donors (Lipinski definition) is 1. The molecule has 7 heteroatoms. The molecule has 0 aromatic heterocycles. The summed E-state index contributed by atoms with van der Waals surface area (Å²) in [5.41, 5.74) is 3.11. The van der Waals surface area contributed by atoms with E-state index in [9.17, 15) is 13.5 Å². The van der Waals surface area contributed by atoms with E-state index in [4.69, 9.17) is 4.74 Å². The van der Waals surface area contributed by atoms with Crippen molar-refractivity contribution in [3.05, 3.63) is 95.6 Å². The third-order valence-corrected chi connectivity index (χ3v) is 8.77. The fourth-order valence-corrected chi connectivity index (χ4v) is 6.41. The van der Waals surface area contributed by atoms with E-state index in [1.165, 1.54) is 9.87 Å². The molecule has 0 radical (unpaired) electrons. The van der Waals surface area contributed by atoms with E-state index in [0.29, 0.717) is 12.3 Å². The van der Waals surface area contributed by atoms with E-state index in [2.05, 4.69) is 17.0 Å². The van der Waals surface area contributed by atoms with Crippen molar-refractivity contribution in [3.8, 4) is 5.75 Å². The molecule has 0 spiro atoms. The van der Waals surface area contributed by atoms with Gasteiger partial charge in [-0.3, -0.25) is 4.90 Å². The van der Waals surface area contributed by atoms with Crippen LogP contribution in [0.4, 0.5) is 0 Å². The highest BCUT2D eigenvalue weighted by Gasteiger charge is 2.38. The summed E-state index contributed by atoms with van der Waals surface area (Å²) in [6.07, 6.45) is 3.70. The molecule has 1 N–H and O–H groups in total. The lowest BCUT2D eigenvalue weighted by molar-refractivity contribution is 0.0733. The van der Waals surface area contributed by atoms with Crippen molar-refractivity contribution in [2.75, 3.05) is 26.7 Å². The molecular weight excluding hydrogens is 484 g/mol. The Balaban J connectivity index is 1.68. The Labute approximate surface area is 220 Å². The lowest BCUT2D eigenvalue weighted by atomic mass is 10.0. The highest BCUT2D eigenvalue weighted by atomic mass is 32.2. The first-order valence-electron chi connectivity index (χ1n) is 12.7. The molecule has 3 atom stereocenters. The van der Waals surface area contributed by atoms with Crippen LogP contribution in [-0.2, 0) is 16.6 Å². The Kier molecular flexibility index (Phi) is 8.82. The van der Waals surface area contributed by atoms with Gasteiger partial charge in [-0.05, 0) is 42.8 Å². The molecule has 0 bridgehead atoms. The van der Waals surface area contributed by atoms with Crippen molar-refractivity contribution in [2.24, 2.45) is 5.92 Å². The minimum Gasteiger partial charge on any atom is -0.487 e. The standard InChI is InChI=1S/C30H36N2O4S/c1-23-19-32(24(2)22-33)37(34,35)30-17-16-26(15-14-25-10-6-4-7-11-25)18-28(30)36-29(23)21-31(3)20-27-12-8-5-9-13-27/h4-18,23-24,29,33H,19-22H2,1-3H3/b15-14+/t23-,24+,29+/m0/s1. The van der Waals surface area contributed by atoms with Gasteiger partial charge in [0.25, 0.3) is 0 Å². The number of rotatable bonds is 8. The first kappa shape index (κ1) is 27.1. The molecule has 1 heterocycles. The summed E-state index contributed by atoms with van der Waals surface area (Å²) >= 11 is 0. The minimum atomic E-state index is -3.86. The summed E-state index contributed by atoms with van der Waals surface area (Å²) in [6.45, 7) is 5.15. The molecule has 37 heavy (non-hydrogen) atoms. The van der Waals surface area contributed by atoms with Crippen molar-refractivity contribution >= 4 is 22.2 Å². The predicted octanol–water partition coefficient (Wildman–Crippen LogP) is 4.76. The quantitative estimate of drug-likeness (QED) is 0.434. The molecule has 0 unspecified atom stereocenters. The molecule has 0 amide bonds. The van der Waals surface area contributed by atoms with Crippen molar-refractivity contribution in [1.29, 1.82) is 0 Å². The van der Waals surface area contributed by atoms with Crippen LogP contribution in [0.1, 0.15) is 30.5 Å². The molecule has 1 aliphatic rings. The Morgan fingerprint density at radius 3 is 2.35 bits per heavy atom. The molecule has 3 aromatic rings. The zero-order valence-corrected chi connectivity index (χ0v) is 22.5. The van der Waals surface area contributed by atoms with Crippen molar-refractivity contribution in [1.82, 2.24) is 9.21 Å². The molecule has 0 saturated heterocycles.